The van der Waals surface area contributed by atoms with Gasteiger partial charge in [-0.25, -0.2) is 15.0 Å². The lowest BCUT2D eigenvalue weighted by atomic mass is 10.1. The van der Waals surface area contributed by atoms with Gasteiger partial charge in [0.2, 0.25) is 5.95 Å². The zero-order valence-corrected chi connectivity index (χ0v) is 15.9. The molecule has 0 atom stereocenters. The van der Waals surface area contributed by atoms with Gasteiger partial charge in [-0.1, -0.05) is 13.8 Å². The number of ether oxygens (including phenoxy) is 1. The number of aromatic amines is 1. The largest absolute Gasteiger partial charge is 0.496 e. The van der Waals surface area contributed by atoms with Gasteiger partial charge in [0.15, 0.2) is 0 Å². The van der Waals surface area contributed by atoms with Crippen molar-refractivity contribution in [1.29, 1.82) is 0 Å². The smallest absolute Gasteiger partial charge is 0.227 e. The number of aryl methyl sites for hydroxylation is 2. The minimum absolute atomic E-state index is 0.549. The second kappa shape index (κ2) is 7.56. The van der Waals surface area contributed by atoms with Crippen molar-refractivity contribution in [3.8, 4) is 17.1 Å². The van der Waals surface area contributed by atoms with E-state index in [1.54, 1.807) is 7.11 Å². The maximum absolute atomic E-state index is 5.55. The first kappa shape index (κ1) is 17.9. The van der Waals surface area contributed by atoms with Crippen LogP contribution in [0.15, 0.2) is 30.5 Å². The standard InChI is InChI=1S/C20H25N5O/c1-12(2)8-16-9-13(3)23-20(25-16)24-15-6-7-17(18(10-15)26-5)19-21-11-14(4)22-19/h6-7,9-12H,8H2,1-5H3,(H,21,22)(H,23,24,25). The number of nitrogens with one attached hydrogen (secondary N) is 2. The molecular formula is C20H25N5O. The van der Waals surface area contributed by atoms with Crippen LogP contribution in [0, 0.1) is 19.8 Å². The van der Waals surface area contributed by atoms with E-state index in [9.17, 15) is 0 Å². The summed E-state index contributed by atoms with van der Waals surface area (Å²) in [7, 11) is 1.66. The second-order valence-electron chi connectivity index (χ2n) is 6.85. The fourth-order valence-corrected chi connectivity index (χ4v) is 2.86. The highest BCUT2D eigenvalue weighted by molar-refractivity contribution is 5.70. The summed E-state index contributed by atoms with van der Waals surface area (Å²) >= 11 is 0. The summed E-state index contributed by atoms with van der Waals surface area (Å²) in [5.41, 5.74) is 4.72. The molecule has 3 rings (SSSR count). The van der Waals surface area contributed by atoms with E-state index in [-0.39, 0.29) is 0 Å². The van der Waals surface area contributed by atoms with Crippen LogP contribution in [0.2, 0.25) is 0 Å². The van der Waals surface area contributed by atoms with Crippen molar-refractivity contribution in [1.82, 2.24) is 19.9 Å². The van der Waals surface area contributed by atoms with E-state index in [0.717, 1.165) is 46.3 Å². The molecule has 0 aliphatic carbocycles. The molecule has 1 aromatic carbocycles. The third-order valence-electron chi connectivity index (χ3n) is 3.94. The van der Waals surface area contributed by atoms with Crippen LogP contribution in [0.4, 0.5) is 11.6 Å². The van der Waals surface area contributed by atoms with Gasteiger partial charge < -0.3 is 15.0 Å². The highest BCUT2D eigenvalue weighted by Gasteiger charge is 2.11. The van der Waals surface area contributed by atoms with Crippen molar-refractivity contribution in [3.63, 3.8) is 0 Å². The molecule has 136 valence electrons. The van der Waals surface area contributed by atoms with Crippen LogP contribution in [-0.2, 0) is 6.42 Å². The van der Waals surface area contributed by atoms with Crippen LogP contribution < -0.4 is 10.1 Å². The first-order valence-electron chi connectivity index (χ1n) is 8.76. The lowest BCUT2D eigenvalue weighted by Gasteiger charge is -2.12. The van der Waals surface area contributed by atoms with E-state index in [2.05, 4.69) is 39.1 Å². The molecular weight excluding hydrogens is 326 g/mol. The highest BCUT2D eigenvalue weighted by Crippen LogP contribution is 2.31. The Morgan fingerprint density at radius 1 is 1.08 bits per heavy atom. The van der Waals surface area contributed by atoms with Crippen LogP contribution in [-0.4, -0.2) is 27.0 Å². The van der Waals surface area contributed by atoms with Crippen molar-refractivity contribution in [3.05, 3.63) is 47.5 Å². The van der Waals surface area contributed by atoms with E-state index in [4.69, 9.17) is 4.74 Å². The molecule has 6 heteroatoms. The quantitative estimate of drug-likeness (QED) is 0.687. The zero-order valence-electron chi connectivity index (χ0n) is 15.9. The van der Waals surface area contributed by atoms with Crippen molar-refractivity contribution in [2.24, 2.45) is 5.92 Å². The SMILES string of the molecule is COc1cc(Nc2nc(C)cc(CC(C)C)n2)ccc1-c1nc(C)c[nH]1. The van der Waals surface area contributed by atoms with Crippen LogP contribution in [0.1, 0.15) is 30.9 Å². The highest BCUT2D eigenvalue weighted by atomic mass is 16.5. The monoisotopic (exact) mass is 351 g/mol. The average molecular weight is 351 g/mol. The maximum atomic E-state index is 5.55. The summed E-state index contributed by atoms with van der Waals surface area (Å²) in [5.74, 6) is 2.67. The molecule has 0 aliphatic rings. The Balaban J connectivity index is 1.88. The lowest BCUT2D eigenvalue weighted by Crippen LogP contribution is -2.04. The van der Waals surface area contributed by atoms with Crippen LogP contribution >= 0.6 is 0 Å². The summed E-state index contributed by atoms with van der Waals surface area (Å²) in [5, 5.41) is 3.28. The van der Waals surface area contributed by atoms with Crippen LogP contribution in [0.3, 0.4) is 0 Å². The van der Waals surface area contributed by atoms with Gasteiger partial charge in [-0.05, 0) is 44.4 Å². The number of benzene rings is 1. The molecule has 0 aliphatic heterocycles. The van der Waals surface area contributed by atoms with Crippen molar-refractivity contribution < 1.29 is 4.74 Å². The molecule has 2 N–H and O–H groups in total. The Labute approximate surface area is 154 Å². The topological polar surface area (TPSA) is 75.7 Å². The van der Waals surface area contributed by atoms with Crippen LogP contribution in [0.5, 0.6) is 5.75 Å². The third-order valence-corrected chi connectivity index (χ3v) is 3.94. The minimum atomic E-state index is 0.549. The fraction of sp³-hybridized carbons (Fsp3) is 0.350. The molecule has 0 fully saturated rings. The fourth-order valence-electron chi connectivity index (χ4n) is 2.86. The van der Waals surface area contributed by atoms with Gasteiger partial charge in [0.05, 0.1) is 18.4 Å². The number of aromatic nitrogens is 4. The summed E-state index contributed by atoms with van der Waals surface area (Å²) < 4.78 is 5.55. The average Bonchev–Trinajstić information content (AvgIpc) is 2.99. The summed E-state index contributed by atoms with van der Waals surface area (Å²) in [6.45, 7) is 8.31. The van der Waals surface area contributed by atoms with E-state index in [0.29, 0.717) is 11.9 Å². The molecule has 26 heavy (non-hydrogen) atoms. The van der Waals surface area contributed by atoms with Gasteiger partial charge in [0.25, 0.3) is 0 Å². The van der Waals surface area contributed by atoms with Crippen molar-refractivity contribution in [2.75, 3.05) is 12.4 Å². The number of hydrogen-bond donors (Lipinski definition) is 2. The van der Waals surface area contributed by atoms with Gasteiger partial charge in [-0.2, -0.15) is 0 Å². The summed E-state index contributed by atoms with van der Waals surface area (Å²) in [6, 6.07) is 7.92. The third kappa shape index (κ3) is 4.20. The number of anilines is 2. The number of nitrogens with zero attached hydrogens (tertiary/aromatic N) is 3. The van der Waals surface area contributed by atoms with Crippen LogP contribution in [0.25, 0.3) is 11.4 Å². The lowest BCUT2D eigenvalue weighted by molar-refractivity contribution is 0.416. The summed E-state index contributed by atoms with van der Waals surface area (Å²) in [6.07, 6.45) is 2.80. The number of methoxy groups -OCH3 is 1. The van der Waals surface area contributed by atoms with Crippen molar-refractivity contribution >= 4 is 11.6 Å². The van der Waals surface area contributed by atoms with E-state index in [1.165, 1.54) is 0 Å². The molecule has 0 saturated carbocycles. The Morgan fingerprint density at radius 2 is 1.88 bits per heavy atom. The van der Waals surface area contributed by atoms with Gasteiger partial charge >= 0.3 is 0 Å². The molecule has 0 spiro atoms. The molecule has 0 saturated heterocycles. The second-order valence-corrected chi connectivity index (χ2v) is 6.85. The first-order valence-corrected chi connectivity index (χ1v) is 8.76. The first-order chi connectivity index (χ1) is 12.4. The molecule has 0 radical (unpaired) electrons. The van der Waals surface area contributed by atoms with Gasteiger partial charge in [0.1, 0.15) is 11.6 Å². The van der Waals surface area contributed by atoms with Gasteiger partial charge in [0, 0.05) is 29.3 Å². The number of hydrogen-bond acceptors (Lipinski definition) is 5. The summed E-state index contributed by atoms with van der Waals surface area (Å²) in [4.78, 5) is 16.8. The van der Waals surface area contributed by atoms with E-state index < -0.39 is 0 Å². The molecule has 0 bridgehead atoms. The number of imidazole rings is 1. The molecule has 2 heterocycles. The van der Waals surface area contributed by atoms with Gasteiger partial charge in [-0.3, -0.25) is 0 Å². The predicted octanol–water partition coefficient (Wildman–Crippen LogP) is 4.43. The van der Waals surface area contributed by atoms with Gasteiger partial charge in [-0.15, -0.1) is 0 Å². The normalized spacial score (nSPS) is 11.0. The Hall–Kier alpha value is -2.89. The molecule has 0 amide bonds. The van der Waals surface area contributed by atoms with Crippen molar-refractivity contribution in [2.45, 2.75) is 34.1 Å². The number of rotatable bonds is 6. The predicted molar refractivity (Wildman–Crippen MR) is 104 cm³/mol. The Bertz CT molecular complexity index is 901. The molecule has 3 aromatic rings. The Morgan fingerprint density at radius 3 is 2.54 bits per heavy atom. The maximum Gasteiger partial charge on any atom is 0.227 e. The molecule has 2 aromatic heterocycles. The Kier molecular flexibility index (Phi) is 5.21. The zero-order chi connectivity index (χ0) is 18.7. The molecule has 6 nitrogen and oxygen atoms in total. The van der Waals surface area contributed by atoms with E-state index >= 15 is 0 Å². The number of H-pyrrole nitrogens is 1. The molecule has 0 unspecified atom stereocenters. The van der Waals surface area contributed by atoms with E-state index in [1.807, 2.05) is 44.3 Å². The minimum Gasteiger partial charge on any atom is -0.496 e.